The van der Waals surface area contributed by atoms with Crippen LogP contribution in [0.15, 0.2) is 30.7 Å². The van der Waals surface area contributed by atoms with Gasteiger partial charge in [0, 0.05) is 32.5 Å². The normalized spacial score (nSPS) is 19.9. The summed E-state index contributed by atoms with van der Waals surface area (Å²) < 4.78 is 5.83. The van der Waals surface area contributed by atoms with Gasteiger partial charge in [-0.2, -0.15) is 0 Å². The van der Waals surface area contributed by atoms with Gasteiger partial charge in [0.1, 0.15) is 11.9 Å². The third kappa shape index (κ3) is 2.97. The second-order valence-electron chi connectivity index (χ2n) is 4.85. The maximum absolute atomic E-state index is 5.83. The van der Waals surface area contributed by atoms with E-state index in [2.05, 4.69) is 25.2 Å². The number of ether oxygens (including phenoxy) is 1. The van der Waals surface area contributed by atoms with Crippen molar-refractivity contribution in [1.82, 2.24) is 19.9 Å². The van der Waals surface area contributed by atoms with Gasteiger partial charge >= 0.3 is 0 Å². The summed E-state index contributed by atoms with van der Waals surface area (Å²) in [7, 11) is 1.89. The Bertz CT molecular complexity index is 525. The molecule has 0 radical (unpaired) electrons. The fraction of sp³-hybridized carbons (Fsp3) is 0.429. The van der Waals surface area contributed by atoms with Crippen molar-refractivity contribution < 1.29 is 4.74 Å². The highest BCUT2D eigenvalue weighted by Crippen LogP contribution is 2.22. The lowest BCUT2D eigenvalue weighted by molar-refractivity contribution is -0.0356. The number of aromatic nitrogens is 3. The van der Waals surface area contributed by atoms with E-state index < -0.39 is 0 Å². The summed E-state index contributed by atoms with van der Waals surface area (Å²) in [4.78, 5) is 14.2. The van der Waals surface area contributed by atoms with Gasteiger partial charge in [0.25, 0.3) is 0 Å². The molecule has 6 nitrogen and oxygen atoms in total. The van der Waals surface area contributed by atoms with Crippen LogP contribution in [0.1, 0.15) is 17.6 Å². The zero-order valence-electron chi connectivity index (χ0n) is 11.5. The van der Waals surface area contributed by atoms with Crippen molar-refractivity contribution in [2.75, 3.05) is 32.1 Å². The van der Waals surface area contributed by atoms with Crippen molar-refractivity contribution in [2.45, 2.75) is 12.6 Å². The number of morpholine rings is 1. The fourth-order valence-corrected chi connectivity index (χ4v) is 2.36. The van der Waals surface area contributed by atoms with Crippen LogP contribution in [0, 0.1) is 0 Å². The topological polar surface area (TPSA) is 66.1 Å². The number of H-pyrrole nitrogens is 1. The number of pyridine rings is 1. The molecule has 0 saturated carbocycles. The van der Waals surface area contributed by atoms with Crippen molar-refractivity contribution in [1.29, 1.82) is 0 Å². The van der Waals surface area contributed by atoms with Crippen LogP contribution >= 0.6 is 0 Å². The van der Waals surface area contributed by atoms with Gasteiger partial charge in [-0.3, -0.25) is 9.88 Å². The van der Waals surface area contributed by atoms with Crippen LogP contribution in [-0.4, -0.2) is 46.6 Å². The Balaban J connectivity index is 1.64. The van der Waals surface area contributed by atoms with E-state index in [1.807, 2.05) is 31.6 Å². The molecule has 1 saturated heterocycles. The highest BCUT2D eigenvalue weighted by atomic mass is 16.5. The third-order valence-electron chi connectivity index (χ3n) is 3.48. The molecule has 0 aromatic carbocycles. The lowest BCUT2D eigenvalue weighted by Gasteiger charge is -2.32. The quantitative estimate of drug-likeness (QED) is 0.882. The van der Waals surface area contributed by atoms with Crippen molar-refractivity contribution in [3.05, 3.63) is 42.2 Å². The van der Waals surface area contributed by atoms with Gasteiger partial charge in [-0.15, -0.1) is 0 Å². The largest absolute Gasteiger partial charge is 0.387 e. The molecule has 20 heavy (non-hydrogen) atoms. The Morgan fingerprint density at radius 2 is 2.40 bits per heavy atom. The number of nitrogens with one attached hydrogen (secondary N) is 2. The molecule has 2 N–H and O–H groups in total. The van der Waals surface area contributed by atoms with Crippen LogP contribution in [0.2, 0.25) is 0 Å². The maximum atomic E-state index is 5.83. The highest BCUT2D eigenvalue weighted by molar-refractivity contribution is 5.40. The summed E-state index contributed by atoms with van der Waals surface area (Å²) in [6.45, 7) is 3.31. The number of imidazole rings is 1. The smallest absolute Gasteiger partial charge is 0.120 e. The molecule has 6 heteroatoms. The van der Waals surface area contributed by atoms with E-state index in [1.165, 1.54) is 0 Å². The maximum Gasteiger partial charge on any atom is 0.120 e. The fourth-order valence-electron chi connectivity index (χ4n) is 2.36. The minimum atomic E-state index is 0.0321. The minimum Gasteiger partial charge on any atom is -0.387 e. The molecular weight excluding hydrogens is 254 g/mol. The first kappa shape index (κ1) is 13.1. The molecule has 1 atom stereocenters. The molecule has 3 heterocycles. The van der Waals surface area contributed by atoms with E-state index in [4.69, 9.17) is 4.74 Å². The molecule has 0 aliphatic carbocycles. The molecule has 2 aromatic heterocycles. The van der Waals surface area contributed by atoms with E-state index in [9.17, 15) is 0 Å². The average Bonchev–Trinajstić information content (AvgIpc) is 3.01. The van der Waals surface area contributed by atoms with E-state index in [0.29, 0.717) is 0 Å². The van der Waals surface area contributed by atoms with Crippen LogP contribution in [0.5, 0.6) is 0 Å². The van der Waals surface area contributed by atoms with Crippen LogP contribution in [0.4, 0.5) is 5.69 Å². The summed E-state index contributed by atoms with van der Waals surface area (Å²) in [5.74, 6) is 0.990. The number of hydrogen-bond donors (Lipinski definition) is 2. The number of rotatable bonds is 4. The van der Waals surface area contributed by atoms with Gasteiger partial charge in [-0.1, -0.05) is 0 Å². The Morgan fingerprint density at radius 1 is 1.45 bits per heavy atom. The van der Waals surface area contributed by atoms with Crippen LogP contribution in [0.3, 0.4) is 0 Å². The van der Waals surface area contributed by atoms with Crippen molar-refractivity contribution in [3.8, 4) is 0 Å². The third-order valence-corrected chi connectivity index (χ3v) is 3.48. The van der Waals surface area contributed by atoms with E-state index in [-0.39, 0.29) is 6.10 Å². The average molecular weight is 273 g/mol. The molecule has 2 aromatic rings. The van der Waals surface area contributed by atoms with Crippen LogP contribution in [-0.2, 0) is 11.3 Å². The van der Waals surface area contributed by atoms with Crippen molar-refractivity contribution >= 4 is 5.69 Å². The SMILES string of the molecule is CNc1ccc(C2CN(Cc3ncc[nH]3)CCO2)nc1. The van der Waals surface area contributed by atoms with Gasteiger partial charge < -0.3 is 15.0 Å². The second-order valence-corrected chi connectivity index (χ2v) is 4.85. The molecular formula is C14H19N5O. The van der Waals surface area contributed by atoms with Crippen molar-refractivity contribution in [3.63, 3.8) is 0 Å². The first-order valence-electron chi connectivity index (χ1n) is 6.81. The summed E-state index contributed by atoms with van der Waals surface area (Å²) in [6.07, 6.45) is 5.51. The minimum absolute atomic E-state index is 0.0321. The van der Waals surface area contributed by atoms with Gasteiger partial charge in [0.2, 0.25) is 0 Å². The molecule has 1 fully saturated rings. The molecule has 1 aliphatic rings. The number of hydrogen-bond acceptors (Lipinski definition) is 5. The molecule has 3 rings (SSSR count). The zero-order valence-corrected chi connectivity index (χ0v) is 11.5. The van der Waals surface area contributed by atoms with Crippen LogP contribution in [0.25, 0.3) is 0 Å². The molecule has 1 aliphatic heterocycles. The molecule has 1 unspecified atom stereocenters. The van der Waals surface area contributed by atoms with Gasteiger partial charge in [0.05, 0.1) is 30.7 Å². The first-order valence-corrected chi connectivity index (χ1v) is 6.81. The van der Waals surface area contributed by atoms with Gasteiger partial charge in [-0.25, -0.2) is 4.98 Å². The predicted molar refractivity (Wildman–Crippen MR) is 76.3 cm³/mol. The molecule has 0 bridgehead atoms. The van der Waals surface area contributed by atoms with Gasteiger partial charge in [0.15, 0.2) is 0 Å². The Hall–Kier alpha value is -1.92. The molecule has 0 spiro atoms. The summed E-state index contributed by atoms with van der Waals surface area (Å²) >= 11 is 0. The summed E-state index contributed by atoms with van der Waals surface area (Å²) in [5.41, 5.74) is 1.99. The standard InChI is InChI=1S/C14H19N5O/c1-15-11-2-3-12(18-8-11)13-9-19(6-7-20-13)10-14-16-4-5-17-14/h2-5,8,13,15H,6-7,9-10H2,1H3,(H,16,17). The molecule has 106 valence electrons. The van der Waals surface area contributed by atoms with E-state index in [1.54, 1.807) is 6.20 Å². The van der Waals surface area contributed by atoms with Gasteiger partial charge in [-0.05, 0) is 12.1 Å². The lowest BCUT2D eigenvalue weighted by Crippen LogP contribution is -2.38. The summed E-state index contributed by atoms with van der Waals surface area (Å²) in [5, 5.41) is 3.07. The first-order chi connectivity index (χ1) is 9.85. The van der Waals surface area contributed by atoms with E-state index >= 15 is 0 Å². The number of nitrogens with zero attached hydrogens (tertiary/aromatic N) is 3. The highest BCUT2D eigenvalue weighted by Gasteiger charge is 2.23. The monoisotopic (exact) mass is 273 g/mol. The van der Waals surface area contributed by atoms with Crippen molar-refractivity contribution in [2.24, 2.45) is 0 Å². The number of anilines is 1. The predicted octanol–water partition coefficient (Wildman–Crippen LogP) is 1.42. The molecule has 0 amide bonds. The van der Waals surface area contributed by atoms with Crippen LogP contribution < -0.4 is 5.32 Å². The second kappa shape index (κ2) is 6.02. The Kier molecular flexibility index (Phi) is 3.94. The van der Waals surface area contributed by atoms with E-state index in [0.717, 1.165) is 43.4 Å². The lowest BCUT2D eigenvalue weighted by atomic mass is 10.2. The summed E-state index contributed by atoms with van der Waals surface area (Å²) in [6, 6.07) is 4.05. The number of aromatic amines is 1. The zero-order chi connectivity index (χ0) is 13.8. The Morgan fingerprint density at radius 3 is 3.10 bits per heavy atom. The Labute approximate surface area is 118 Å².